The van der Waals surface area contributed by atoms with Crippen LogP contribution in [0.2, 0.25) is 0 Å². The van der Waals surface area contributed by atoms with Gasteiger partial charge in [0.2, 0.25) is 0 Å². The summed E-state index contributed by atoms with van der Waals surface area (Å²) in [6.07, 6.45) is 3.64. The average Bonchev–Trinajstić information content (AvgIpc) is 2.48. The molecule has 0 aliphatic carbocycles. The van der Waals surface area contributed by atoms with E-state index in [4.69, 9.17) is 4.74 Å². The standard InChI is InChI=1S/C17H15FO2/c18-16-9-6-15(7-10-16)8-11-17(19)20-13-12-14-4-2-1-3-5-14/h1-11H,12-13H2/b11-8+. The van der Waals surface area contributed by atoms with Gasteiger partial charge in [0.25, 0.3) is 0 Å². The molecule has 102 valence electrons. The Hall–Kier alpha value is -2.42. The molecule has 2 aromatic rings. The van der Waals surface area contributed by atoms with Gasteiger partial charge in [0, 0.05) is 12.5 Å². The molecule has 0 aliphatic rings. The van der Waals surface area contributed by atoms with Gasteiger partial charge >= 0.3 is 5.97 Å². The third-order valence-electron chi connectivity index (χ3n) is 2.76. The van der Waals surface area contributed by atoms with Crippen LogP contribution in [0.1, 0.15) is 11.1 Å². The minimum Gasteiger partial charge on any atom is -0.462 e. The number of carbonyl (C=O) groups excluding carboxylic acids is 1. The Bertz CT molecular complexity index is 574. The first-order valence-electron chi connectivity index (χ1n) is 6.38. The van der Waals surface area contributed by atoms with Crippen molar-refractivity contribution < 1.29 is 13.9 Å². The summed E-state index contributed by atoms with van der Waals surface area (Å²) in [5, 5.41) is 0. The van der Waals surface area contributed by atoms with Gasteiger partial charge in [0.15, 0.2) is 0 Å². The molecule has 3 heteroatoms. The minimum atomic E-state index is -0.398. The Morgan fingerprint density at radius 3 is 2.45 bits per heavy atom. The molecule has 0 unspecified atom stereocenters. The number of ether oxygens (including phenoxy) is 1. The van der Waals surface area contributed by atoms with E-state index in [0.717, 1.165) is 11.1 Å². The van der Waals surface area contributed by atoms with Gasteiger partial charge < -0.3 is 4.74 Å². The monoisotopic (exact) mass is 270 g/mol. The van der Waals surface area contributed by atoms with Crippen molar-refractivity contribution in [3.05, 3.63) is 77.6 Å². The van der Waals surface area contributed by atoms with Crippen LogP contribution in [0.25, 0.3) is 6.08 Å². The second kappa shape index (κ2) is 7.24. The van der Waals surface area contributed by atoms with E-state index in [1.54, 1.807) is 18.2 Å². The number of hydrogen-bond acceptors (Lipinski definition) is 2. The Morgan fingerprint density at radius 1 is 1.05 bits per heavy atom. The van der Waals surface area contributed by atoms with Crippen molar-refractivity contribution in [3.8, 4) is 0 Å². The van der Waals surface area contributed by atoms with E-state index in [2.05, 4.69) is 0 Å². The van der Waals surface area contributed by atoms with Gasteiger partial charge in [0.05, 0.1) is 6.61 Å². The number of halogens is 1. The summed E-state index contributed by atoms with van der Waals surface area (Å²) in [4.78, 5) is 11.5. The second-order valence-electron chi connectivity index (χ2n) is 4.29. The topological polar surface area (TPSA) is 26.3 Å². The van der Waals surface area contributed by atoms with Crippen LogP contribution < -0.4 is 0 Å². The van der Waals surface area contributed by atoms with Crippen LogP contribution in [-0.4, -0.2) is 12.6 Å². The largest absolute Gasteiger partial charge is 0.462 e. The Balaban J connectivity index is 1.76. The number of hydrogen-bond donors (Lipinski definition) is 0. The molecule has 0 amide bonds. The van der Waals surface area contributed by atoms with E-state index in [1.807, 2.05) is 30.3 Å². The Morgan fingerprint density at radius 2 is 1.75 bits per heavy atom. The third kappa shape index (κ3) is 4.69. The average molecular weight is 270 g/mol. The molecule has 2 rings (SSSR count). The van der Waals surface area contributed by atoms with E-state index >= 15 is 0 Å². The molecule has 0 spiro atoms. The van der Waals surface area contributed by atoms with Crippen LogP contribution in [-0.2, 0) is 16.0 Å². The molecular formula is C17H15FO2. The molecule has 0 saturated heterocycles. The van der Waals surface area contributed by atoms with E-state index in [-0.39, 0.29) is 5.82 Å². The maximum atomic E-state index is 12.7. The van der Waals surface area contributed by atoms with Gasteiger partial charge in [-0.2, -0.15) is 0 Å². The highest BCUT2D eigenvalue weighted by Gasteiger charge is 1.98. The summed E-state index contributed by atoms with van der Waals surface area (Å²) in [5.74, 6) is -0.696. The van der Waals surface area contributed by atoms with Crippen LogP contribution in [0.5, 0.6) is 0 Å². The maximum Gasteiger partial charge on any atom is 0.330 e. The summed E-state index contributed by atoms with van der Waals surface area (Å²) in [7, 11) is 0. The first-order chi connectivity index (χ1) is 9.74. The summed E-state index contributed by atoms with van der Waals surface area (Å²) < 4.78 is 17.8. The minimum absolute atomic E-state index is 0.299. The molecular weight excluding hydrogens is 255 g/mol. The molecule has 2 aromatic carbocycles. The lowest BCUT2D eigenvalue weighted by Crippen LogP contribution is -2.04. The van der Waals surface area contributed by atoms with Gasteiger partial charge in [-0.3, -0.25) is 0 Å². The summed E-state index contributed by atoms with van der Waals surface area (Å²) in [6.45, 7) is 0.344. The molecule has 0 aromatic heterocycles. The molecule has 0 atom stereocenters. The highest BCUT2D eigenvalue weighted by atomic mass is 19.1. The fraction of sp³-hybridized carbons (Fsp3) is 0.118. The molecule has 0 fully saturated rings. The van der Waals surface area contributed by atoms with Crippen LogP contribution in [0.4, 0.5) is 4.39 Å². The smallest absolute Gasteiger partial charge is 0.330 e. The lowest BCUT2D eigenvalue weighted by molar-refractivity contribution is -0.137. The zero-order valence-electron chi connectivity index (χ0n) is 11.0. The summed E-state index contributed by atoms with van der Waals surface area (Å²) >= 11 is 0. The van der Waals surface area contributed by atoms with Crippen molar-refractivity contribution in [1.29, 1.82) is 0 Å². The lowest BCUT2D eigenvalue weighted by Gasteiger charge is -2.02. The maximum absolute atomic E-state index is 12.7. The lowest BCUT2D eigenvalue weighted by atomic mass is 10.2. The normalized spacial score (nSPS) is 10.7. The van der Waals surface area contributed by atoms with Gasteiger partial charge in [-0.15, -0.1) is 0 Å². The second-order valence-corrected chi connectivity index (χ2v) is 4.29. The third-order valence-corrected chi connectivity index (χ3v) is 2.76. The molecule has 0 N–H and O–H groups in total. The molecule has 0 heterocycles. The number of rotatable bonds is 5. The molecule has 0 saturated carbocycles. The fourth-order valence-corrected chi connectivity index (χ4v) is 1.70. The van der Waals surface area contributed by atoms with Crippen LogP contribution in [0.3, 0.4) is 0 Å². The van der Waals surface area contributed by atoms with E-state index in [0.29, 0.717) is 13.0 Å². The Kier molecular flexibility index (Phi) is 5.07. The number of carbonyl (C=O) groups is 1. The summed E-state index contributed by atoms with van der Waals surface area (Å²) in [6, 6.07) is 15.7. The van der Waals surface area contributed by atoms with Crippen molar-refractivity contribution in [1.82, 2.24) is 0 Å². The van der Waals surface area contributed by atoms with Crippen molar-refractivity contribution in [3.63, 3.8) is 0 Å². The molecule has 20 heavy (non-hydrogen) atoms. The fourth-order valence-electron chi connectivity index (χ4n) is 1.70. The van der Waals surface area contributed by atoms with Crippen LogP contribution in [0, 0.1) is 5.82 Å². The van der Waals surface area contributed by atoms with Gasteiger partial charge in [0.1, 0.15) is 5.82 Å². The van der Waals surface area contributed by atoms with Crippen molar-refractivity contribution in [2.75, 3.05) is 6.61 Å². The van der Waals surface area contributed by atoms with Gasteiger partial charge in [-0.05, 0) is 29.3 Å². The quantitative estimate of drug-likeness (QED) is 0.612. The molecule has 2 nitrogen and oxygen atoms in total. The van der Waals surface area contributed by atoms with Gasteiger partial charge in [-0.1, -0.05) is 42.5 Å². The van der Waals surface area contributed by atoms with Crippen molar-refractivity contribution >= 4 is 12.0 Å². The number of benzene rings is 2. The molecule has 0 aliphatic heterocycles. The number of esters is 1. The van der Waals surface area contributed by atoms with Crippen LogP contribution >= 0.6 is 0 Å². The van der Waals surface area contributed by atoms with E-state index in [1.165, 1.54) is 18.2 Å². The Labute approximate surface area is 117 Å². The zero-order chi connectivity index (χ0) is 14.2. The van der Waals surface area contributed by atoms with Gasteiger partial charge in [-0.25, -0.2) is 9.18 Å². The molecule has 0 bridgehead atoms. The van der Waals surface area contributed by atoms with Crippen LogP contribution in [0.15, 0.2) is 60.7 Å². The summed E-state index contributed by atoms with van der Waals surface area (Å²) in [5.41, 5.74) is 1.88. The van der Waals surface area contributed by atoms with Crippen molar-refractivity contribution in [2.24, 2.45) is 0 Å². The zero-order valence-corrected chi connectivity index (χ0v) is 11.0. The highest BCUT2D eigenvalue weighted by Crippen LogP contribution is 2.05. The van der Waals surface area contributed by atoms with E-state index < -0.39 is 5.97 Å². The highest BCUT2D eigenvalue weighted by molar-refractivity contribution is 5.87. The SMILES string of the molecule is O=C(/C=C/c1ccc(F)cc1)OCCc1ccccc1. The van der Waals surface area contributed by atoms with Crippen molar-refractivity contribution in [2.45, 2.75) is 6.42 Å². The molecule has 0 radical (unpaired) electrons. The first kappa shape index (κ1) is 14.0. The van der Waals surface area contributed by atoms with E-state index in [9.17, 15) is 9.18 Å². The first-order valence-corrected chi connectivity index (χ1v) is 6.38. The predicted molar refractivity (Wildman–Crippen MR) is 76.5 cm³/mol. The predicted octanol–water partition coefficient (Wildman–Crippen LogP) is 3.62.